The maximum atomic E-state index is 12.6. The van der Waals surface area contributed by atoms with Crippen LogP contribution in [-0.4, -0.2) is 39.2 Å². The number of amides is 1. The van der Waals surface area contributed by atoms with Crippen molar-refractivity contribution in [1.82, 2.24) is 20.2 Å². The SMILES string of the molecule is COC(=O)c1c(-c2ccccc2Cl)csc1NC(=O)Cn1nnnc1C(C)(C)C. The Morgan fingerprint density at radius 2 is 1.97 bits per heavy atom. The highest BCUT2D eigenvalue weighted by molar-refractivity contribution is 7.15. The van der Waals surface area contributed by atoms with Crippen LogP contribution in [0.2, 0.25) is 5.02 Å². The fraction of sp³-hybridized carbons (Fsp3) is 0.316. The quantitative estimate of drug-likeness (QED) is 0.615. The molecule has 2 aromatic heterocycles. The van der Waals surface area contributed by atoms with Crippen LogP contribution >= 0.6 is 22.9 Å². The van der Waals surface area contributed by atoms with Crippen LogP contribution in [0, 0.1) is 0 Å². The normalized spacial score (nSPS) is 11.3. The van der Waals surface area contributed by atoms with Crippen LogP contribution in [0.5, 0.6) is 0 Å². The molecule has 1 N–H and O–H groups in total. The van der Waals surface area contributed by atoms with Crippen molar-refractivity contribution < 1.29 is 14.3 Å². The van der Waals surface area contributed by atoms with Crippen molar-refractivity contribution >= 4 is 39.8 Å². The highest BCUT2D eigenvalue weighted by Gasteiger charge is 2.26. The van der Waals surface area contributed by atoms with Crippen molar-refractivity contribution in [3.63, 3.8) is 0 Å². The van der Waals surface area contributed by atoms with E-state index >= 15 is 0 Å². The third-order valence-electron chi connectivity index (χ3n) is 4.09. The Morgan fingerprint density at radius 3 is 2.62 bits per heavy atom. The van der Waals surface area contributed by atoms with E-state index in [0.717, 1.165) is 0 Å². The third-order valence-corrected chi connectivity index (χ3v) is 5.32. The minimum Gasteiger partial charge on any atom is -0.465 e. The lowest BCUT2D eigenvalue weighted by Gasteiger charge is -2.16. The number of halogens is 1. The molecule has 152 valence electrons. The Kier molecular flexibility index (Phi) is 5.99. The van der Waals surface area contributed by atoms with Gasteiger partial charge in [-0.2, -0.15) is 0 Å². The second kappa shape index (κ2) is 8.30. The predicted octanol–water partition coefficient (Wildman–Crippen LogP) is 3.78. The number of methoxy groups -OCH3 is 1. The van der Waals surface area contributed by atoms with E-state index in [-0.39, 0.29) is 23.4 Å². The molecular weight excluding hydrogens is 414 g/mol. The average molecular weight is 434 g/mol. The number of esters is 1. The molecule has 29 heavy (non-hydrogen) atoms. The highest BCUT2D eigenvalue weighted by atomic mass is 35.5. The van der Waals surface area contributed by atoms with Crippen molar-refractivity contribution in [1.29, 1.82) is 0 Å². The summed E-state index contributed by atoms with van der Waals surface area (Å²) in [5.74, 6) is -0.335. The molecule has 2 heterocycles. The molecule has 3 aromatic rings. The summed E-state index contributed by atoms with van der Waals surface area (Å²) in [5, 5.41) is 17.0. The number of nitrogens with one attached hydrogen (secondary N) is 1. The van der Waals surface area contributed by atoms with E-state index in [0.29, 0.717) is 27.0 Å². The van der Waals surface area contributed by atoms with E-state index in [1.165, 1.54) is 23.1 Å². The van der Waals surface area contributed by atoms with Gasteiger partial charge in [0.05, 0.1) is 7.11 Å². The molecule has 10 heteroatoms. The molecule has 8 nitrogen and oxygen atoms in total. The number of rotatable bonds is 5. The maximum absolute atomic E-state index is 12.6. The van der Waals surface area contributed by atoms with Gasteiger partial charge >= 0.3 is 5.97 Å². The Labute approximate surface area is 176 Å². The molecule has 0 aliphatic heterocycles. The summed E-state index contributed by atoms with van der Waals surface area (Å²) in [4.78, 5) is 25.1. The number of tetrazole rings is 1. The number of carbonyl (C=O) groups is 2. The van der Waals surface area contributed by atoms with E-state index in [9.17, 15) is 9.59 Å². The lowest BCUT2D eigenvalue weighted by molar-refractivity contribution is -0.117. The van der Waals surface area contributed by atoms with E-state index < -0.39 is 5.97 Å². The van der Waals surface area contributed by atoms with Crippen LogP contribution in [0.1, 0.15) is 37.0 Å². The summed E-state index contributed by atoms with van der Waals surface area (Å²) in [6.45, 7) is 5.78. The first-order valence-electron chi connectivity index (χ1n) is 8.73. The number of hydrogen-bond acceptors (Lipinski definition) is 7. The number of carbonyl (C=O) groups excluding carboxylic acids is 2. The lowest BCUT2D eigenvalue weighted by Crippen LogP contribution is -2.26. The zero-order chi connectivity index (χ0) is 21.2. The Balaban J connectivity index is 1.90. The van der Waals surface area contributed by atoms with E-state index in [4.69, 9.17) is 16.3 Å². The zero-order valence-electron chi connectivity index (χ0n) is 16.4. The van der Waals surface area contributed by atoms with Crippen LogP contribution < -0.4 is 5.32 Å². The third kappa shape index (κ3) is 4.46. The molecular formula is C19H20ClN5O3S. The number of ether oxygens (including phenoxy) is 1. The van der Waals surface area contributed by atoms with Crippen LogP contribution in [0.25, 0.3) is 11.1 Å². The number of hydrogen-bond donors (Lipinski definition) is 1. The monoisotopic (exact) mass is 433 g/mol. The molecule has 0 aliphatic carbocycles. The van der Waals surface area contributed by atoms with E-state index in [1.807, 2.05) is 26.8 Å². The zero-order valence-corrected chi connectivity index (χ0v) is 18.0. The molecule has 1 amide bonds. The van der Waals surface area contributed by atoms with Gasteiger partial charge in [-0.3, -0.25) is 4.79 Å². The Morgan fingerprint density at radius 1 is 1.24 bits per heavy atom. The summed E-state index contributed by atoms with van der Waals surface area (Å²) in [7, 11) is 1.29. The second-order valence-corrected chi connectivity index (χ2v) is 8.57. The van der Waals surface area contributed by atoms with Crippen LogP contribution in [0.15, 0.2) is 29.6 Å². The average Bonchev–Trinajstić information content (AvgIpc) is 3.28. The first-order chi connectivity index (χ1) is 13.7. The van der Waals surface area contributed by atoms with Gasteiger partial charge in [0.1, 0.15) is 17.1 Å². The first-order valence-corrected chi connectivity index (χ1v) is 9.99. The van der Waals surface area contributed by atoms with Crippen molar-refractivity contribution in [2.24, 2.45) is 0 Å². The maximum Gasteiger partial charge on any atom is 0.341 e. The molecule has 3 rings (SSSR count). The molecule has 0 radical (unpaired) electrons. The lowest BCUT2D eigenvalue weighted by atomic mass is 9.96. The molecule has 0 unspecified atom stereocenters. The molecule has 0 saturated heterocycles. The molecule has 0 spiro atoms. The highest BCUT2D eigenvalue weighted by Crippen LogP contribution is 2.39. The summed E-state index contributed by atoms with van der Waals surface area (Å²) < 4.78 is 6.36. The molecule has 0 saturated carbocycles. The van der Waals surface area contributed by atoms with Gasteiger partial charge in [-0.1, -0.05) is 50.6 Å². The number of benzene rings is 1. The first kappa shape index (κ1) is 20.9. The van der Waals surface area contributed by atoms with Gasteiger partial charge in [0, 0.05) is 26.9 Å². The number of nitrogens with zero attached hydrogens (tertiary/aromatic N) is 4. The van der Waals surface area contributed by atoms with Gasteiger partial charge in [0.25, 0.3) is 0 Å². The van der Waals surface area contributed by atoms with Crippen LogP contribution in [0.4, 0.5) is 5.00 Å². The minimum absolute atomic E-state index is 0.0838. The van der Waals surface area contributed by atoms with E-state index in [2.05, 4.69) is 20.8 Å². The summed E-state index contributed by atoms with van der Waals surface area (Å²) >= 11 is 7.51. The predicted molar refractivity (Wildman–Crippen MR) is 111 cm³/mol. The molecule has 0 aliphatic rings. The second-order valence-electron chi connectivity index (χ2n) is 7.28. The standard InChI is InChI=1S/C19H20ClN5O3S/c1-19(2,3)18-22-23-24-25(18)9-14(26)21-16-15(17(27)28-4)12(10-29-16)11-7-5-6-8-13(11)20/h5-8,10H,9H2,1-4H3,(H,21,26). The van der Waals surface area contributed by atoms with Gasteiger partial charge in [-0.05, 0) is 16.5 Å². The van der Waals surface area contributed by atoms with Crippen LogP contribution in [-0.2, 0) is 21.5 Å². The van der Waals surface area contributed by atoms with Crippen LogP contribution in [0.3, 0.4) is 0 Å². The largest absolute Gasteiger partial charge is 0.465 e. The topological polar surface area (TPSA) is 99.0 Å². The number of anilines is 1. The fourth-order valence-electron chi connectivity index (χ4n) is 2.78. The molecule has 0 fully saturated rings. The van der Waals surface area contributed by atoms with E-state index in [1.54, 1.807) is 23.6 Å². The van der Waals surface area contributed by atoms with Crippen molar-refractivity contribution in [2.75, 3.05) is 12.4 Å². The van der Waals surface area contributed by atoms with Crippen molar-refractivity contribution in [3.05, 3.63) is 46.1 Å². The number of aromatic nitrogens is 4. The minimum atomic E-state index is -0.561. The van der Waals surface area contributed by atoms with Gasteiger partial charge in [-0.25, -0.2) is 9.48 Å². The van der Waals surface area contributed by atoms with Gasteiger partial charge in [0.15, 0.2) is 5.82 Å². The smallest absolute Gasteiger partial charge is 0.341 e. The fourth-order valence-corrected chi connectivity index (χ4v) is 3.98. The summed E-state index contributed by atoms with van der Waals surface area (Å²) in [5.41, 5.74) is 1.22. The van der Waals surface area contributed by atoms with Crippen molar-refractivity contribution in [3.8, 4) is 11.1 Å². The molecule has 1 aromatic carbocycles. The van der Waals surface area contributed by atoms with Gasteiger partial charge in [0.2, 0.25) is 5.91 Å². The van der Waals surface area contributed by atoms with Crippen molar-refractivity contribution in [2.45, 2.75) is 32.7 Å². The summed E-state index contributed by atoms with van der Waals surface area (Å²) in [6.07, 6.45) is 0. The summed E-state index contributed by atoms with van der Waals surface area (Å²) in [6, 6.07) is 7.17. The molecule has 0 bridgehead atoms. The molecule has 0 atom stereocenters. The Hall–Kier alpha value is -2.78. The number of thiophene rings is 1. The van der Waals surface area contributed by atoms with Gasteiger partial charge < -0.3 is 10.1 Å². The van der Waals surface area contributed by atoms with Gasteiger partial charge in [-0.15, -0.1) is 16.4 Å². The Bertz CT molecular complexity index is 1050.